The van der Waals surface area contributed by atoms with E-state index in [-0.39, 0.29) is 27.0 Å². The first-order valence-electron chi connectivity index (χ1n) is 9.42. The van der Waals surface area contributed by atoms with Crippen LogP contribution in [0.4, 0.5) is 21.8 Å². The third-order valence-electron chi connectivity index (χ3n) is 4.70. The van der Waals surface area contributed by atoms with Crippen LogP contribution in [0.15, 0.2) is 59.8 Å². The van der Waals surface area contributed by atoms with Crippen LogP contribution in [0, 0.1) is 5.82 Å². The fourth-order valence-electron chi connectivity index (χ4n) is 3.17. The standard InChI is InChI=1S/C21H18ClFN6O2S/c1-24-20-18(9-14(22)11-26-20)32(30,31)29-17-5-3-4-15(19(17)23)12-6-7-16-13(8-12)10-27-21(25-2)28-16/h3-11,29H,1-2H3,(H,24,26)(H,25,27,28). The summed E-state index contributed by atoms with van der Waals surface area (Å²) in [7, 11) is -0.923. The number of fused-ring (bicyclic) bond motifs is 1. The van der Waals surface area contributed by atoms with E-state index in [1.54, 1.807) is 43.6 Å². The Bertz CT molecular complexity index is 1430. The van der Waals surface area contributed by atoms with Gasteiger partial charge >= 0.3 is 0 Å². The number of benzene rings is 2. The number of aromatic nitrogens is 3. The Labute approximate surface area is 188 Å². The minimum Gasteiger partial charge on any atom is -0.372 e. The second kappa shape index (κ2) is 8.56. The lowest BCUT2D eigenvalue weighted by molar-refractivity contribution is 0.599. The lowest BCUT2D eigenvalue weighted by atomic mass is 10.0. The van der Waals surface area contributed by atoms with Gasteiger partial charge in [0.05, 0.1) is 16.2 Å². The molecule has 2 aromatic heterocycles. The molecule has 0 unspecified atom stereocenters. The minimum atomic E-state index is -4.17. The minimum absolute atomic E-state index is 0.0916. The van der Waals surface area contributed by atoms with Crippen molar-refractivity contribution in [3.05, 3.63) is 65.7 Å². The maximum absolute atomic E-state index is 15.4. The van der Waals surface area contributed by atoms with Crippen LogP contribution in [0.1, 0.15) is 0 Å². The van der Waals surface area contributed by atoms with Gasteiger partial charge in [0.15, 0.2) is 5.82 Å². The van der Waals surface area contributed by atoms with E-state index in [4.69, 9.17) is 11.6 Å². The third-order valence-corrected chi connectivity index (χ3v) is 6.29. The van der Waals surface area contributed by atoms with Crippen molar-refractivity contribution in [2.24, 2.45) is 0 Å². The van der Waals surface area contributed by atoms with E-state index in [0.29, 0.717) is 17.0 Å². The molecule has 0 aliphatic carbocycles. The summed E-state index contributed by atoms with van der Waals surface area (Å²) >= 11 is 5.92. The number of anilines is 3. The van der Waals surface area contributed by atoms with E-state index in [1.165, 1.54) is 25.4 Å². The van der Waals surface area contributed by atoms with Crippen molar-refractivity contribution in [2.45, 2.75) is 4.90 Å². The van der Waals surface area contributed by atoms with Gasteiger partial charge in [-0.05, 0) is 29.8 Å². The molecule has 0 radical (unpaired) electrons. The molecule has 0 spiro atoms. The molecule has 4 rings (SSSR count). The third kappa shape index (κ3) is 4.14. The molecule has 8 nitrogen and oxygen atoms in total. The van der Waals surface area contributed by atoms with Gasteiger partial charge in [-0.25, -0.2) is 27.8 Å². The predicted octanol–water partition coefficient (Wildman–Crippen LogP) is 4.37. The highest BCUT2D eigenvalue weighted by Gasteiger charge is 2.22. The molecule has 2 aromatic carbocycles. The quantitative estimate of drug-likeness (QED) is 0.382. The van der Waals surface area contributed by atoms with Gasteiger partial charge in [-0.1, -0.05) is 29.8 Å². The normalized spacial score (nSPS) is 11.4. The summed E-state index contributed by atoms with van der Waals surface area (Å²) in [6.07, 6.45) is 2.95. The molecule has 164 valence electrons. The maximum Gasteiger partial charge on any atom is 0.265 e. The summed E-state index contributed by atoms with van der Waals surface area (Å²) in [6.45, 7) is 0. The summed E-state index contributed by atoms with van der Waals surface area (Å²) in [5.41, 5.74) is 1.27. The monoisotopic (exact) mass is 472 g/mol. The van der Waals surface area contributed by atoms with Crippen molar-refractivity contribution >= 4 is 50.0 Å². The van der Waals surface area contributed by atoms with Gasteiger partial charge in [0.25, 0.3) is 10.0 Å². The van der Waals surface area contributed by atoms with Crippen LogP contribution in [0.2, 0.25) is 5.02 Å². The zero-order valence-electron chi connectivity index (χ0n) is 17.0. The molecule has 2 heterocycles. The second-order valence-corrected chi connectivity index (χ2v) is 8.83. The van der Waals surface area contributed by atoms with Gasteiger partial charge in [0, 0.05) is 37.4 Å². The fourth-order valence-corrected chi connectivity index (χ4v) is 4.64. The van der Waals surface area contributed by atoms with E-state index >= 15 is 4.39 Å². The van der Waals surface area contributed by atoms with Crippen LogP contribution in [-0.2, 0) is 10.0 Å². The van der Waals surface area contributed by atoms with Gasteiger partial charge in [0.1, 0.15) is 10.7 Å². The topological polar surface area (TPSA) is 109 Å². The molecular weight excluding hydrogens is 455 g/mol. The Kier molecular flexibility index (Phi) is 5.81. The smallest absolute Gasteiger partial charge is 0.265 e. The van der Waals surface area contributed by atoms with Gasteiger partial charge in [0.2, 0.25) is 5.95 Å². The lowest BCUT2D eigenvalue weighted by Crippen LogP contribution is -2.16. The van der Waals surface area contributed by atoms with Crippen LogP contribution in [0.25, 0.3) is 22.0 Å². The highest BCUT2D eigenvalue weighted by molar-refractivity contribution is 7.92. The number of rotatable bonds is 6. The Morgan fingerprint density at radius 2 is 1.81 bits per heavy atom. The zero-order valence-corrected chi connectivity index (χ0v) is 18.6. The predicted molar refractivity (Wildman–Crippen MR) is 124 cm³/mol. The van der Waals surface area contributed by atoms with Gasteiger partial charge in [-0.3, -0.25) is 4.72 Å². The second-order valence-electron chi connectivity index (χ2n) is 6.74. The largest absolute Gasteiger partial charge is 0.372 e. The van der Waals surface area contributed by atoms with E-state index < -0.39 is 15.8 Å². The lowest BCUT2D eigenvalue weighted by Gasteiger charge is -2.14. The van der Waals surface area contributed by atoms with Crippen LogP contribution in [0.5, 0.6) is 0 Å². The molecule has 0 bridgehead atoms. The molecule has 0 saturated heterocycles. The molecule has 0 fully saturated rings. The first kappa shape index (κ1) is 21.7. The summed E-state index contributed by atoms with van der Waals surface area (Å²) < 4.78 is 43.5. The van der Waals surface area contributed by atoms with Crippen molar-refractivity contribution in [3.8, 4) is 11.1 Å². The van der Waals surface area contributed by atoms with Crippen LogP contribution in [0.3, 0.4) is 0 Å². The first-order valence-corrected chi connectivity index (χ1v) is 11.3. The van der Waals surface area contributed by atoms with Crippen LogP contribution in [-0.4, -0.2) is 37.5 Å². The summed E-state index contributed by atoms with van der Waals surface area (Å²) in [4.78, 5) is 12.3. The molecule has 0 atom stereocenters. The Hall–Kier alpha value is -3.50. The number of nitrogens with one attached hydrogen (secondary N) is 3. The van der Waals surface area contributed by atoms with Crippen molar-refractivity contribution in [1.29, 1.82) is 0 Å². The highest BCUT2D eigenvalue weighted by atomic mass is 35.5. The van der Waals surface area contributed by atoms with Gasteiger partial charge < -0.3 is 10.6 Å². The zero-order chi connectivity index (χ0) is 22.9. The van der Waals surface area contributed by atoms with Crippen LogP contribution >= 0.6 is 11.6 Å². The molecule has 11 heteroatoms. The summed E-state index contributed by atoms with van der Waals surface area (Å²) in [5.74, 6) is -0.151. The number of nitrogens with zero attached hydrogens (tertiary/aromatic N) is 3. The van der Waals surface area contributed by atoms with E-state index in [2.05, 4.69) is 30.3 Å². The van der Waals surface area contributed by atoms with E-state index in [9.17, 15) is 8.42 Å². The molecule has 0 aliphatic heterocycles. The number of sulfonamides is 1. The summed E-state index contributed by atoms with van der Waals surface area (Å²) in [5, 5.41) is 6.41. The van der Waals surface area contributed by atoms with Crippen molar-refractivity contribution in [1.82, 2.24) is 15.0 Å². The molecule has 3 N–H and O–H groups in total. The van der Waals surface area contributed by atoms with Crippen molar-refractivity contribution in [2.75, 3.05) is 29.5 Å². The molecule has 0 saturated carbocycles. The molecule has 0 aliphatic rings. The number of hydrogen-bond acceptors (Lipinski definition) is 7. The molecule has 4 aromatic rings. The average molecular weight is 473 g/mol. The Balaban J connectivity index is 1.73. The van der Waals surface area contributed by atoms with Gasteiger partial charge in [-0.15, -0.1) is 0 Å². The summed E-state index contributed by atoms with van der Waals surface area (Å²) in [6, 6.07) is 10.9. The van der Waals surface area contributed by atoms with Crippen LogP contribution < -0.4 is 15.4 Å². The van der Waals surface area contributed by atoms with E-state index in [1.807, 2.05) is 0 Å². The Morgan fingerprint density at radius 1 is 1.00 bits per heavy atom. The Morgan fingerprint density at radius 3 is 2.56 bits per heavy atom. The number of halogens is 2. The molecular formula is C21H18ClFN6O2S. The molecule has 32 heavy (non-hydrogen) atoms. The van der Waals surface area contributed by atoms with Crippen molar-refractivity contribution < 1.29 is 12.8 Å². The van der Waals surface area contributed by atoms with Gasteiger partial charge in [-0.2, -0.15) is 0 Å². The molecule has 0 amide bonds. The fraction of sp³-hybridized carbons (Fsp3) is 0.0952. The average Bonchev–Trinajstić information content (AvgIpc) is 2.79. The highest BCUT2D eigenvalue weighted by Crippen LogP contribution is 2.32. The number of pyridine rings is 1. The van der Waals surface area contributed by atoms with E-state index in [0.717, 1.165) is 5.39 Å². The number of hydrogen-bond donors (Lipinski definition) is 3. The first-order chi connectivity index (χ1) is 15.3. The van der Waals surface area contributed by atoms with Crippen molar-refractivity contribution in [3.63, 3.8) is 0 Å². The SMILES string of the molecule is CNc1ncc2cc(-c3cccc(NS(=O)(=O)c4cc(Cl)cnc4NC)c3F)ccc2n1. The maximum atomic E-state index is 15.4.